The van der Waals surface area contributed by atoms with Crippen LogP contribution in [0.15, 0.2) is 47.4 Å². The van der Waals surface area contributed by atoms with Crippen molar-refractivity contribution in [3.05, 3.63) is 53.1 Å². The first kappa shape index (κ1) is 13.3. The van der Waals surface area contributed by atoms with E-state index in [1.807, 2.05) is 6.07 Å². The minimum Gasteiger partial charge on any atom is -0.399 e. The van der Waals surface area contributed by atoms with Crippen LogP contribution >= 0.6 is 11.6 Å². The summed E-state index contributed by atoms with van der Waals surface area (Å²) < 4.78 is 26.8. The summed E-state index contributed by atoms with van der Waals surface area (Å²) in [4.78, 5) is 0.195. The Morgan fingerprint density at radius 1 is 1.15 bits per heavy atom. The average molecular weight is 309 g/mol. The number of nitrogens with zero attached hydrogens (tertiary/aromatic N) is 1. The van der Waals surface area contributed by atoms with E-state index in [9.17, 15) is 8.42 Å². The first-order valence-corrected chi connectivity index (χ1v) is 7.97. The van der Waals surface area contributed by atoms with E-state index in [0.29, 0.717) is 29.4 Å². The van der Waals surface area contributed by atoms with E-state index >= 15 is 0 Å². The largest absolute Gasteiger partial charge is 0.399 e. The fourth-order valence-electron chi connectivity index (χ4n) is 2.37. The van der Waals surface area contributed by atoms with Crippen LogP contribution in [-0.4, -0.2) is 15.0 Å². The summed E-state index contributed by atoms with van der Waals surface area (Å²) in [5.74, 6) is 0. The van der Waals surface area contributed by atoms with Gasteiger partial charge in [0, 0.05) is 17.3 Å². The smallest absolute Gasteiger partial charge is 0.264 e. The van der Waals surface area contributed by atoms with E-state index in [1.165, 1.54) is 10.4 Å². The molecule has 3 rings (SSSR count). The molecule has 6 heteroatoms. The average Bonchev–Trinajstić information content (AvgIpc) is 2.82. The third kappa shape index (κ3) is 2.13. The van der Waals surface area contributed by atoms with Gasteiger partial charge in [-0.25, -0.2) is 8.42 Å². The van der Waals surface area contributed by atoms with Crippen molar-refractivity contribution in [2.75, 3.05) is 16.6 Å². The van der Waals surface area contributed by atoms with Crippen molar-refractivity contribution in [1.82, 2.24) is 0 Å². The van der Waals surface area contributed by atoms with E-state index in [2.05, 4.69) is 0 Å². The molecular weight excluding hydrogens is 296 g/mol. The van der Waals surface area contributed by atoms with Gasteiger partial charge in [-0.15, -0.1) is 0 Å². The summed E-state index contributed by atoms with van der Waals surface area (Å²) in [6.07, 6.45) is 0.690. The molecule has 0 aliphatic carbocycles. The number of nitrogens with two attached hydrogens (primary N) is 1. The monoisotopic (exact) mass is 308 g/mol. The lowest BCUT2D eigenvalue weighted by molar-refractivity contribution is 0.592. The van der Waals surface area contributed by atoms with Crippen LogP contribution in [0.3, 0.4) is 0 Å². The van der Waals surface area contributed by atoms with Gasteiger partial charge in [0.2, 0.25) is 0 Å². The van der Waals surface area contributed by atoms with Crippen molar-refractivity contribution in [1.29, 1.82) is 0 Å². The molecule has 2 N–H and O–H groups in total. The molecule has 104 valence electrons. The van der Waals surface area contributed by atoms with Crippen molar-refractivity contribution in [2.24, 2.45) is 0 Å². The summed E-state index contributed by atoms with van der Waals surface area (Å²) >= 11 is 5.88. The zero-order valence-electron chi connectivity index (χ0n) is 10.6. The number of benzene rings is 2. The summed E-state index contributed by atoms with van der Waals surface area (Å²) in [5, 5.41) is 0.401. The first-order valence-electron chi connectivity index (χ1n) is 6.15. The molecule has 20 heavy (non-hydrogen) atoms. The maximum Gasteiger partial charge on any atom is 0.264 e. The SMILES string of the molecule is Nc1ccc2c(c1)N(S(=O)(=O)c1cccc(Cl)c1)CC2. The summed E-state index contributed by atoms with van der Waals surface area (Å²) in [7, 11) is -3.60. The molecule has 2 aromatic carbocycles. The van der Waals surface area contributed by atoms with Crippen LogP contribution in [0.2, 0.25) is 5.02 Å². The molecule has 2 aromatic rings. The van der Waals surface area contributed by atoms with Gasteiger partial charge in [0.1, 0.15) is 0 Å². The topological polar surface area (TPSA) is 63.4 Å². The number of sulfonamides is 1. The Bertz CT molecular complexity index is 774. The van der Waals surface area contributed by atoms with Gasteiger partial charge in [-0.2, -0.15) is 0 Å². The van der Waals surface area contributed by atoms with Gasteiger partial charge in [-0.3, -0.25) is 4.31 Å². The van der Waals surface area contributed by atoms with Crippen LogP contribution in [0.5, 0.6) is 0 Å². The Kier molecular flexibility index (Phi) is 3.11. The summed E-state index contributed by atoms with van der Waals surface area (Å²) in [5.41, 5.74) is 7.96. The van der Waals surface area contributed by atoms with Crippen LogP contribution < -0.4 is 10.0 Å². The molecule has 0 saturated heterocycles. The van der Waals surface area contributed by atoms with E-state index < -0.39 is 10.0 Å². The Morgan fingerprint density at radius 3 is 2.70 bits per heavy atom. The number of hydrogen-bond donors (Lipinski definition) is 1. The molecule has 1 aliphatic heterocycles. The third-order valence-corrected chi connectivity index (χ3v) is 5.39. The standard InChI is InChI=1S/C14H13ClN2O2S/c15-11-2-1-3-13(8-11)20(18,19)17-7-6-10-4-5-12(16)9-14(10)17/h1-5,8-9H,6-7,16H2. The molecule has 0 aromatic heterocycles. The highest BCUT2D eigenvalue weighted by Crippen LogP contribution is 2.34. The minimum absolute atomic E-state index is 0.195. The first-order chi connectivity index (χ1) is 9.48. The summed E-state index contributed by atoms with van der Waals surface area (Å²) in [6, 6.07) is 11.6. The molecule has 1 aliphatic rings. The van der Waals surface area contributed by atoms with E-state index in [4.69, 9.17) is 17.3 Å². The molecule has 0 bridgehead atoms. The Labute approximate surface area is 122 Å². The van der Waals surface area contributed by atoms with Crippen molar-refractivity contribution >= 4 is 33.0 Å². The van der Waals surface area contributed by atoms with Gasteiger partial charge in [0.25, 0.3) is 10.0 Å². The van der Waals surface area contributed by atoms with Crippen molar-refractivity contribution in [2.45, 2.75) is 11.3 Å². The lowest BCUT2D eigenvalue weighted by atomic mass is 10.1. The highest BCUT2D eigenvalue weighted by Gasteiger charge is 2.30. The van der Waals surface area contributed by atoms with Crippen LogP contribution in [-0.2, 0) is 16.4 Å². The van der Waals surface area contributed by atoms with Gasteiger partial charge >= 0.3 is 0 Å². The van der Waals surface area contributed by atoms with Gasteiger partial charge in [-0.05, 0) is 42.3 Å². The van der Waals surface area contributed by atoms with E-state index in [-0.39, 0.29) is 4.90 Å². The molecule has 0 atom stereocenters. The molecule has 0 spiro atoms. The van der Waals surface area contributed by atoms with Crippen LogP contribution in [0, 0.1) is 0 Å². The number of halogens is 1. The van der Waals surface area contributed by atoms with Gasteiger partial charge in [-0.1, -0.05) is 23.7 Å². The van der Waals surface area contributed by atoms with Crippen molar-refractivity contribution < 1.29 is 8.42 Å². The second-order valence-corrected chi connectivity index (χ2v) is 6.97. The van der Waals surface area contributed by atoms with Gasteiger partial charge in [0.05, 0.1) is 10.6 Å². The fourth-order valence-corrected chi connectivity index (χ4v) is 4.17. The number of fused-ring (bicyclic) bond motifs is 1. The van der Waals surface area contributed by atoms with Crippen molar-refractivity contribution in [3.63, 3.8) is 0 Å². The minimum atomic E-state index is -3.60. The second-order valence-electron chi connectivity index (χ2n) is 4.67. The number of hydrogen-bond acceptors (Lipinski definition) is 3. The molecule has 0 fully saturated rings. The zero-order valence-corrected chi connectivity index (χ0v) is 12.2. The van der Waals surface area contributed by atoms with E-state index in [0.717, 1.165) is 5.56 Å². The highest BCUT2D eigenvalue weighted by molar-refractivity contribution is 7.92. The molecule has 0 unspecified atom stereocenters. The predicted molar refractivity (Wildman–Crippen MR) is 80.5 cm³/mol. The normalized spacial score (nSPS) is 14.3. The van der Waals surface area contributed by atoms with Gasteiger partial charge < -0.3 is 5.73 Å². The maximum atomic E-state index is 12.7. The Morgan fingerprint density at radius 2 is 1.95 bits per heavy atom. The highest BCUT2D eigenvalue weighted by atomic mass is 35.5. The third-order valence-electron chi connectivity index (χ3n) is 3.35. The Balaban J connectivity index is 2.09. The zero-order chi connectivity index (χ0) is 14.3. The second kappa shape index (κ2) is 4.68. The molecule has 0 saturated carbocycles. The summed E-state index contributed by atoms with van der Waals surface area (Å²) in [6.45, 7) is 0.424. The Hall–Kier alpha value is -1.72. The van der Waals surface area contributed by atoms with E-state index in [1.54, 1.807) is 30.3 Å². The van der Waals surface area contributed by atoms with Crippen LogP contribution in [0.4, 0.5) is 11.4 Å². The lowest BCUT2D eigenvalue weighted by Gasteiger charge is -2.20. The maximum absolute atomic E-state index is 12.7. The lowest BCUT2D eigenvalue weighted by Crippen LogP contribution is -2.29. The number of nitrogen functional groups attached to an aromatic ring is 1. The molecule has 4 nitrogen and oxygen atoms in total. The molecule has 1 heterocycles. The number of anilines is 2. The molecular formula is C14H13ClN2O2S. The molecule has 0 amide bonds. The van der Waals surface area contributed by atoms with Crippen molar-refractivity contribution in [3.8, 4) is 0 Å². The quantitative estimate of drug-likeness (QED) is 0.868. The number of rotatable bonds is 2. The molecule has 0 radical (unpaired) electrons. The predicted octanol–water partition coefficient (Wildman–Crippen LogP) is 2.67. The van der Waals surface area contributed by atoms with Gasteiger partial charge in [0.15, 0.2) is 0 Å². The fraction of sp³-hybridized carbons (Fsp3) is 0.143. The van der Waals surface area contributed by atoms with Crippen LogP contribution in [0.25, 0.3) is 0 Å². The van der Waals surface area contributed by atoms with Crippen LogP contribution in [0.1, 0.15) is 5.56 Å².